The minimum absolute atomic E-state index is 0.103. The number of aryl methyl sites for hydroxylation is 2. The largest absolute Gasteiger partial charge is 0.493 e. The lowest BCUT2D eigenvalue weighted by Crippen LogP contribution is -2.26. The Morgan fingerprint density at radius 2 is 1.69 bits per heavy atom. The molecule has 0 radical (unpaired) electrons. The molecule has 0 fully saturated rings. The Kier molecular flexibility index (Phi) is 6.60. The second-order valence-electron chi connectivity index (χ2n) is 5.81. The van der Waals surface area contributed by atoms with Crippen molar-refractivity contribution in [2.75, 3.05) is 20.8 Å². The lowest BCUT2D eigenvalue weighted by molar-refractivity contribution is -0.123. The molecular weight excluding hydrogens is 332 g/mol. The van der Waals surface area contributed by atoms with E-state index in [0.717, 1.165) is 22.4 Å². The van der Waals surface area contributed by atoms with Gasteiger partial charge in [-0.2, -0.15) is 5.10 Å². The molecule has 138 valence electrons. The van der Waals surface area contributed by atoms with Crippen molar-refractivity contribution in [2.24, 2.45) is 5.10 Å². The second kappa shape index (κ2) is 8.89. The van der Waals surface area contributed by atoms with E-state index in [-0.39, 0.29) is 12.5 Å². The Bertz CT molecular complexity index is 795. The van der Waals surface area contributed by atoms with Crippen molar-refractivity contribution in [3.8, 4) is 17.2 Å². The van der Waals surface area contributed by atoms with Crippen molar-refractivity contribution in [3.63, 3.8) is 0 Å². The van der Waals surface area contributed by atoms with Gasteiger partial charge >= 0.3 is 0 Å². The fourth-order valence-corrected chi connectivity index (χ4v) is 2.47. The van der Waals surface area contributed by atoms with Crippen LogP contribution in [-0.2, 0) is 4.79 Å². The first-order valence-corrected chi connectivity index (χ1v) is 8.20. The Morgan fingerprint density at radius 3 is 2.31 bits per heavy atom. The molecule has 26 heavy (non-hydrogen) atoms. The summed E-state index contributed by atoms with van der Waals surface area (Å²) in [6, 6.07) is 11.3. The van der Waals surface area contributed by atoms with Crippen LogP contribution in [0.1, 0.15) is 23.6 Å². The lowest BCUT2D eigenvalue weighted by Gasteiger charge is -2.11. The van der Waals surface area contributed by atoms with E-state index in [1.165, 1.54) is 0 Å². The van der Waals surface area contributed by atoms with Gasteiger partial charge in [-0.3, -0.25) is 4.79 Å². The van der Waals surface area contributed by atoms with E-state index in [0.29, 0.717) is 17.2 Å². The molecule has 0 aliphatic heterocycles. The number of amides is 1. The highest BCUT2D eigenvalue weighted by Crippen LogP contribution is 2.27. The summed E-state index contributed by atoms with van der Waals surface area (Å²) in [5.41, 5.74) is 5.95. The van der Waals surface area contributed by atoms with Gasteiger partial charge in [0.1, 0.15) is 5.75 Å². The van der Waals surface area contributed by atoms with Crippen LogP contribution in [-0.4, -0.2) is 32.4 Å². The van der Waals surface area contributed by atoms with E-state index in [9.17, 15) is 4.79 Å². The number of nitrogens with one attached hydrogen (secondary N) is 1. The van der Waals surface area contributed by atoms with Gasteiger partial charge < -0.3 is 14.2 Å². The van der Waals surface area contributed by atoms with Crippen LogP contribution < -0.4 is 19.6 Å². The van der Waals surface area contributed by atoms with Crippen LogP contribution in [0.15, 0.2) is 41.5 Å². The Morgan fingerprint density at radius 1 is 1.04 bits per heavy atom. The summed E-state index contributed by atoms with van der Waals surface area (Å²) in [7, 11) is 3.15. The third kappa shape index (κ3) is 4.75. The van der Waals surface area contributed by atoms with Crippen molar-refractivity contribution in [2.45, 2.75) is 20.8 Å². The highest BCUT2D eigenvalue weighted by atomic mass is 16.5. The standard InChI is InChI=1S/C20H24N2O4/c1-13-7-6-8-14(2)20(13)26-12-19(23)22-21-15(3)16-9-10-17(24-4)18(11-16)25-5/h6-11H,12H2,1-5H3,(H,22,23)/b21-15-. The third-order valence-corrected chi connectivity index (χ3v) is 3.91. The highest BCUT2D eigenvalue weighted by molar-refractivity contribution is 5.99. The molecular formula is C20H24N2O4. The van der Waals surface area contributed by atoms with Gasteiger partial charge in [0.25, 0.3) is 5.91 Å². The number of rotatable bonds is 7. The molecule has 2 aromatic rings. The van der Waals surface area contributed by atoms with Crippen LogP contribution in [0.3, 0.4) is 0 Å². The van der Waals surface area contributed by atoms with Gasteiger partial charge in [-0.15, -0.1) is 0 Å². The molecule has 0 unspecified atom stereocenters. The van der Waals surface area contributed by atoms with Crippen LogP contribution in [0.5, 0.6) is 17.2 Å². The normalized spacial score (nSPS) is 11.0. The summed E-state index contributed by atoms with van der Waals surface area (Å²) in [6.45, 7) is 5.58. The maximum Gasteiger partial charge on any atom is 0.277 e. The number of hydrogen-bond donors (Lipinski definition) is 1. The van der Waals surface area contributed by atoms with Crippen molar-refractivity contribution in [1.29, 1.82) is 0 Å². The van der Waals surface area contributed by atoms with E-state index >= 15 is 0 Å². The van der Waals surface area contributed by atoms with Crippen molar-refractivity contribution in [1.82, 2.24) is 5.43 Å². The number of hydrogen-bond acceptors (Lipinski definition) is 5. The van der Waals surface area contributed by atoms with Crippen molar-refractivity contribution < 1.29 is 19.0 Å². The molecule has 0 bridgehead atoms. The maximum atomic E-state index is 12.0. The molecule has 0 spiro atoms. The topological polar surface area (TPSA) is 69.2 Å². The van der Waals surface area contributed by atoms with E-state index in [4.69, 9.17) is 14.2 Å². The molecule has 6 heteroatoms. The molecule has 0 saturated carbocycles. The van der Waals surface area contributed by atoms with E-state index in [1.54, 1.807) is 33.3 Å². The SMILES string of the molecule is COc1ccc(/C(C)=N\NC(=O)COc2c(C)cccc2C)cc1OC. The average Bonchev–Trinajstić information content (AvgIpc) is 2.65. The summed E-state index contributed by atoms with van der Waals surface area (Å²) < 4.78 is 16.1. The quantitative estimate of drug-likeness (QED) is 0.611. The number of methoxy groups -OCH3 is 2. The van der Waals surface area contributed by atoms with Gasteiger partial charge in [0.05, 0.1) is 19.9 Å². The molecule has 0 aliphatic carbocycles. The number of carbonyl (C=O) groups is 1. The average molecular weight is 356 g/mol. The van der Waals surface area contributed by atoms with Crippen LogP contribution in [0.25, 0.3) is 0 Å². The summed E-state index contributed by atoms with van der Waals surface area (Å²) >= 11 is 0. The van der Waals surface area contributed by atoms with E-state index in [2.05, 4.69) is 10.5 Å². The predicted molar refractivity (Wildman–Crippen MR) is 101 cm³/mol. The van der Waals surface area contributed by atoms with Gasteiger partial charge in [0.15, 0.2) is 18.1 Å². The first-order valence-electron chi connectivity index (χ1n) is 8.20. The Labute approximate surface area is 153 Å². The first-order chi connectivity index (χ1) is 12.5. The monoisotopic (exact) mass is 356 g/mol. The minimum atomic E-state index is -0.326. The molecule has 0 atom stereocenters. The number of para-hydroxylation sites is 1. The highest BCUT2D eigenvalue weighted by Gasteiger charge is 2.09. The van der Waals surface area contributed by atoms with Gasteiger partial charge in [-0.05, 0) is 50.1 Å². The number of benzene rings is 2. The zero-order valence-electron chi connectivity index (χ0n) is 15.8. The predicted octanol–water partition coefficient (Wildman–Crippen LogP) is 3.24. The molecule has 1 amide bonds. The Balaban J connectivity index is 1.99. The second-order valence-corrected chi connectivity index (χ2v) is 5.81. The van der Waals surface area contributed by atoms with Gasteiger partial charge in [0.2, 0.25) is 0 Å². The molecule has 0 heterocycles. The van der Waals surface area contributed by atoms with Crippen LogP contribution in [0, 0.1) is 13.8 Å². The summed E-state index contributed by atoms with van der Waals surface area (Å²) in [5, 5.41) is 4.12. The molecule has 0 aliphatic rings. The first kappa shape index (κ1) is 19.3. The van der Waals surface area contributed by atoms with Crippen molar-refractivity contribution in [3.05, 3.63) is 53.1 Å². The number of ether oxygens (including phenoxy) is 3. The molecule has 0 aromatic heterocycles. The molecule has 0 saturated heterocycles. The van der Waals surface area contributed by atoms with Gasteiger partial charge in [-0.1, -0.05) is 18.2 Å². The van der Waals surface area contributed by atoms with Gasteiger partial charge in [0, 0.05) is 5.56 Å². The van der Waals surface area contributed by atoms with E-state index < -0.39 is 0 Å². The van der Waals surface area contributed by atoms with Crippen molar-refractivity contribution >= 4 is 11.6 Å². The van der Waals surface area contributed by atoms with Crippen LogP contribution in [0.2, 0.25) is 0 Å². The van der Waals surface area contributed by atoms with E-state index in [1.807, 2.05) is 38.1 Å². The molecule has 6 nitrogen and oxygen atoms in total. The molecule has 2 rings (SSSR count). The fourth-order valence-electron chi connectivity index (χ4n) is 2.47. The number of carbonyl (C=O) groups excluding carboxylic acids is 1. The van der Waals surface area contributed by atoms with Crippen LogP contribution >= 0.6 is 0 Å². The zero-order valence-corrected chi connectivity index (χ0v) is 15.8. The lowest BCUT2D eigenvalue weighted by atomic mass is 10.1. The minimum Gasteiger partial charge on any atom is -0.493 e. The fraction of sp³-hybridized carbons (Fsp3) is 0.300. The third-order valence-electron chi connectivity index (χ3n) is 3.91. The Hall–Kier alpha value is -3.02. The van der Waals surface area contributed by atoms with Crippen LogP contribution in [0.4, 0.5) is 0 Å². The summed E-state index contributed by atoms with van der Waals surface area (Å²) in [6.07, 6.45) is 0. The number of nitrogens with zero attached hydrogens (tertiary/aromatic N) is 1. The summed E-state index contributed by atoms with van der Waals surface area (Å²) in [4.78, 5) is 12.0. The maximum absolute atomic E-state index is 12.0. The van der Waals surface area contributed by atoms with Gasteiger partial charge in [-0.25, -0.2) is 5.43 Å². The number of hydrazone groups is 1. The zero-order chi connectivity index (χ0) is 19.1. The summed E-state index contributed by atoms with van der Waals surface area (Å²) in [5.74, 6) is 1.63. The smallest absolute Gasteiger partial charge is 0.277 e. The molecule has 2 aromatic carbocycles. The molecule has 1 N–H and O–H groups in total.